The molecule has 0 aromatic heterocycles. The summed E-state index contributed by atoms with van der Waals surface area (Å²) < 4.78 is 0. The van der Waals surface area contributed by atoms with Gasteiger partial charge in [-0.25, -0.2) is 0 Å². The first-order valence-corrected chi connectivity index (χ1v) is 9.50. The van der Waals surface area contributed by atoms with E-state index in [1.807, 2.05) is 0 Å². The van der Waals surface area contributed by atoms with Crippen LogP contribution in [-0.2, 0) is 18.4 Å². The van der Waals surface area contributed by atoms with Crippen LogP contribution in [0.1, 0.15) is 68.2 Å². The Kier molecular flexibility index (Phi) is 4.38. The summed E-state index contributed by atoms with van der Waals surface area (Å²) in [4.78, 5) is 0. The van der Waals surface area contributed by atoms with E-state index in [4.69, 9.17) is 0 Å². The standard InChI is InChI=1S/C19H28OS/c1-4-14-9-13(3)10-15(5-2)18(14)19(20)11-16-7-6-8-17(12-19)21-16/h9-10,16-17,20H,4-8,11-12H2,1-3H3. The maximum Gasteiger partial charge on any atom is 0.0923 e. The van der Waals surface area contributed by atoms with Crippen LogP contribution >= 0.6 is 11.8 Å². The van der Waals surface area contributed by atoms with Crippen LogP contribution in [0, 0.1) is 6.92 Å². The number of hydrogen-bond acceptors (Lipinski definition) is 2. The van der Waals surface area contributed by atoms with Crippen LogP contribution in [0.15, 0.2) is 12.1 Å². The minimum atomic E-state index is -0.578. The lowest BCUT2D eigenvalue weighted by Crippen LogP contribution is -2.41. The van der Waals surface area contributed by atoms with Gasteiger partial charge in [-0.15, -0.1) is 0 Å². The van der Waals surface area contributed by atoms with Crippen molar-refractivity contribution in [1.29, 1.82) is 0 Å². The predicted molar refractivity (Wildman–Crippen MR) is 92.1 cm³/mol. The first-order valence-electron chi connectivity index (χ1n) is 8.56. The molecule has 2 fully saturated rings. The van der Waals surface area contributed by atoms with Crippen molar-refractivity contribution in [3.05, 3.63) is 34.4 Å². The van der Waals surface area contributed by atoms with Crippen molar-refractivity contribution < 1.29 is 5.11 Å². The third-order valence-corrected chi connectivity index (χ3v) is 6.82. The molecule has 1 aromatic rings. The van der Waals surface area contributed by atoms with Gasteiger partial charge in [0.15, 0.2) is 0 Å². The van der Waals surface area contributed by atoms with Crippen molar-refractivity contribution in [1.82, 2.24) is 0 Å². The third kappa shape index (κ3) is 2.90. The molecule has 2 heterocycles. The van der Waals surface area contributed by atoms with Crippen LogP contribution < -0.4 is 0 Å². The highest BCUT2D eigenvalue weighted by atomic mass is 32.2. The van der Waals surface area contributed by atoms with Gasteiger partial charge in [-0.05, 0) is 62.1 Å². The average Bonchev–Trinajstić information content (AvgIpc) is 2.45. The number of thioether (sulfide) groups is 1. The van der Waals surface area contributed by atoms with Gasteiger partial charge in [-0.3, -0.25) is 0 Å². The normalized spacial score (nSPS) is 32.2. The smallest absolute Gasteiger partial charge is 0.0923 e. The van der Waals surface area contributed by atoms with Crippen molar-refractivity contribution in [2.75, 3.05) is 0 Å². The molecule has 2 bridgehead atoms. The fourth-order valence-corrected chi connectivity index (χ4v) is 6.31. The van der Waals surface area contributed by atoms with Crippen molar-refractivity contribution in [3.8, 4) is 0 Å². The molecule has 1 N–H and O–H groups in total. The summed E-state index contributed by atoms with van der Waals surface area (Å²) in [5.41, 5.74) is 4.79. The van der Waals surface area contributed by atoms with Gasteiger partial charge in [-0.2, -0.15) is 11.8 Å². The summed E-state index contributed by atoms with van der Waals surface area (Å²) in [6, 6.07) is 4.59. The number of aryl methyl sites for hydroxylation is 3. The number of hydrogen-bond donors (Lipinski definition) is 1. The van der Waals surface area contributed by atoms with E-state index in [1.54, 1.807) is 0 Å². The molecule has 0 spiro atoms. The van der Waals surface area contributed by atoms with Crippen LogP contribution in [0.5, 0.6) is 0 Å². The van der Waals surface area contributed by atoms with Crippen LogP contribution in [-0.4, -0.2) is 15.6 Å². The largest absolute Gasteiger partial charge is 0.385 e. The molecule has 0 aliphatic carbocycles. The van der Waals surface area contributed by atoms with Gasteiger partial charge in [0.2, 0.25) is 0 Å². The maximum absolute atomic E-state index is 11.5. The lowest BCUT2D eigenvalue weighted by molar-refractivity contribution is 0.00659. The summed E-state index contributed by atoms with van der Waals surface area (Å²) >= 11 is 2.14. The quantitative estimate of drug-likeness (QED) is 0.869. The van der Waals surface area contributed by atoms with Gasteiger partial charge < -0.3 is 5.11 Å². The molecule has 0 amide bonds. The highest BCUT2D eigenvalue weighted by Gasteiger charge is 2.44. The molecule has 2 aliphatic rings. The van der Waals surface area contributed by atoms with E-state index in [0.29, 0.717) is 10.5 Å². The monoisotopic (exact) mass is 304 g/mol. The van der Waals surface area contributed by atoms with E-state index in [1.165, 1.54) is 41.5 Å². The summed E-state index contributed by atoms with van der Waals surface area (Å²) in [5.74, 6) is 0. The number of rotatable bonds is 3. The maximum atomic E-state index is 11.5. The van der Waals surface area contributed by atoms with Crippen LogP contribution in [0.3, 0.4) is 0 Å². The van der Waals surface area contributed by atoms with Crippen LogP contribution in [0.25, 0.3) is 0 Å². The van der Waals surface area contributed by atoms with Crippen LogP contribution in [0.2, 0.25) is 0 Å². The van der Waals surface area contributed by atoms with Gasteiger partial charge in [0.05, 0.1) is 5.60 Å². The molecule has 2 heteroatoms. The summed E-state index contributed by atoms with van der Waals surface area (Å²) in [7, 11) is 0. The Morgan fingerprint density at radius 1 is 1.10 bits per heavy atom. The van der Waals surface area contributed by atoms with Gasteiger partial charge in [-0.1, -0.05) is 38.0 Å². The summed E-state index contributed by atoms with van der Waals surface area (Å²) in [6.45, 7) is 6.62. The minimum Gasteiger partial charge on any atom is -0.385 e. The zero-order chi connectivity index (χ0) is 15.0. The predicted octanol–water partition coefficient (Wildman–Crippen LogP) is 4.76. The molecular formula is C19H28OS. The van der Waals surface area contributed by atoms with Crippen molar-refractivity contribution in [3.63, 3.8) is 0 Å². The van der Waals surface area contributed by atoms with Gasteiger partial charge in [0.1, 0.15) is 0 Å². The Bertz CT molecular complexity index is 485. The molecule has 116 valence electrons. The first kappa shape index (κ1) is 15.4. The Hall–Kier alpha value is -0.470. The second-order valence-corrected chi connectivity index (χ2v) is 8.52. The third-order valence-electron chi connectivity index (χ3n) is 5.24. The van der Waals surface area contributed by atoms with Gasteiger partial charge in [0.25, 0.3) is 0 Å². The molecule has 2 atom stereocenters. The summed E-state index contributed by atoms with van der Waals surface area (Å²) in [5, 5.41) is 12.9. The Balaban J connectivity index is 2.05. The van der Waals surface area contributed by atoms with E-state index in [-0.39, 0.29) is 0 Å². The van der Waals surface area contributed by atoms with Gasteiger partial charge >= 0.3 is 0 Å². The fraction of sp³-hybridized carbons (Fsp3) is 0.684. The Labute approximate surface area is 133 Å². The molecule has 1 aromatic carbocycles. The molecule has 0 saturated carbocycles. The van der Waals surface area contributed by atoms with E-state index in [0.717, 1.165) is 25.7 Å². The average molecular weight is 304 g/mol. The van der Waals surface area contributed by atoms with Crippen molar-refractivity contribution in [2.24, 2.45) is 0 Å². The molecule has 1 nitrogen and oxygen atoms in total. The SMILES string of the molecule is CCc1cc(C)cc(CC)c1C1(O)CC2CCCC(C1)S2. The zero-order valence-electron chi connectivity index (χ0n) is 13.6. The first-order chi connectivity index (χ1) is 10.1. The molecule has 0 radical (unpaired) electrons. The van der Waals surface area contributed by atoms with E-state index in [2.05, 4.69) is 44.7 Å². The molecule has 2 aliphatic heterocycles. The highest BCUT2D eigenvalue weighted by Crippen LogP contribution is 2.51. The fourth-order valence-electron chi connectivity index (χ4n) is 4.42. The van der Waals surface area contributed by atoms with Crippen LogP contribution in [0.4, 0.5) is 0 Å². The second-order valence-electron chi connectivity index (χ2n) is 6.92. The summed E-state index contributed by atoms with van der Waals surface area (Å²) in [6.07, 6.45) is 7.89. The molecule has 2 saturated heterocycles. The van der Waals surface area contributed by atoms with Crippen molar-refractivity contribution in [2.45, 2.75) is 81.8 Å². The Morgan fingerprint density at radius 3 is 2.10 bits per heavy atom. The van der Waals surface area contributed by atoms with Gasteiger partial charge in [0, 0.05) is 10.5 Å². The molecular weight excluding hydrogens is 276 g/mol. The molecule has 3 rings (SSSR count). The number of benzene rings is 1. The minimum absolute atomic E-state index is 0.578. The molecule has 21 heavy (non-hydrogen) atoms. The zero-order valence-corrected chi connectivity index (χ0v) is 14.4. The lowest BCUT2D eigenvalue weighted by Gasteiger charge is -2.45. The lowest BCUT2D eigenvalue weighted by atomic mass is 9.75. The second kappa shape index (κ2) is 5.96. The number of aliphatic hydroxyl groups is 1. The topological polar surface area (TPSA) is 20.2 Å². The van der Waals surface area contributed by atoms with E-state index in [9.17, 15) is 5.11 Å². The molecule has 2 unspecified atom stereocenters. The van der Waals surface area contributed by atoms with Crippen molar-refractivity contribution >= 4 is 11.8 Å². The van der Waals surface area contributed by atoms with E-state index < -0.39 is 5.60 Å². The Morgan fingerprint density at radius 2 is 1.62 bits per heavy atom. The van der Waals surface area contributed by atoms with E-state index >= 15 is 0 Å². The highest BCUT2D eigenvalue weighted by molar-refractivity contribution is 8.00. The number of fused-ring (bicyclic) bond motifs is 2.